The molecule has 5 nitrogen and oxygen atoms in total. The van der Waals surface area contributed by atoms with Gasteiger partial charge in [0.1, 0.15) is 0 Å². The third-order valence-corrected chi connectivity index (χ3v) is 1.05. The molecule has 2 amide bonds. The van der Waals surface area contributed by atoms with Gasteiger partial charge in [0.15, 0.2) is 0 Å². The fourth-order valence-corrected chi connectivity index (χ4v) is 0.526. The molecule has 0 atom stereocenters. The van der Waals surface area contributed by atoms with Gasteiger partial charge in [0.2, 0.25) is 11.8 Å². The Morgan fingerprint density at radius 3 is 1.75 bits per heavy atom. The number of aliphatic hydroxyl groups is 1. The van der Waals surface area contributed by atoms with Crippen molar-refractivity contribution in [2.24, 2.45) is 0 Å². The summed E-state index contributed by atoms with van der Waals surface area (Å²) in [4.78, 5) is 20.6. The van der Waals surface area contributed by atoms with Gasteiger partial charge in [0.25, 0.3) is 0 Å². The summed E-state index contributed by atoms with van der Waals surface area (Å²) in [5.74, 6) is -0.672. The highest BCUT2D eigenvalue weighted by atomic mass is 16.3. The Kier molecular flexibility index (Phi) is 5.03. The van der Waals surface area contributed by atoms with Crippen LogP contribution in [-0.4, -0.2) is 36.1 Å². The molecule has 0 unspecified atom stereocenters. The van der Waals surface area contributed by atoms with Gasteiger partial charge in [-0.3, -0.25) is 9.59 Å². The Morgan fingerprint density at radius 2 is 1.50 bits per heavy atom. The second kappa shape index (κ2) is 5.54. The highest BCUT2D eigenvalue weighted by molar-refractivity contribution is 5.73. The molecule has 0 aliphatic heterocycles. The number of carbonyl (C=O) groups excluding carboxylic acids is 2. The van der Waals surface area contributed by atoms with Gasteiger partial charge >= 0.3 is 0 Å². The van der Waals surface area contributed by atoms with E-state index in [0.717, 1.165) is 0 Å². The van der Waals surface area contributed by atoms with Crippen LogP contribution in [0, 0.1) is 0 Å². The van der Waals surface area contributed by atoms with Crippen molar-refractivity contribution in [2.75, 3.05) is 13.1 Å². The number of nitrogens with zero attached hydrogens (tertiary/aromatic N) is 2. The van der Waals surface area contributed by atoms with E-state index < -0.39 is 6.10 Å². The van der Waals surface area contributed by atoms with E-state index in [1.807, 2.05) is 0 Å². The van der Waals surface area contributed by atoms with Gasteiger partial charge in [0, 0.05) is 13.8 Å². The highest BCUT2D eigenvalue weighted by Crippen LogP contribution is 1.80. The van der Waals surface area contributed by atoms with Crippen LogP contribution < -0.4 is 10.6 Å². The number of rotatable bonds is 4. The molecule has 0 fully saturated rings. The van der Waals surface area contributed by atoms with E-state index in [1.165, 1.54) is 13.8 Å². The first-order valence-corrected chi connectivity index (χ1v) is 3.56. The molecule has 0 aliphatic rings. The lowest BCUT2D eigenvalue weighted by Gasteiger charge is -2.06. The van der Waals surface area contributed by atoms with Crippen molar-refractivity contribution in [3.63, 3.8) is 0 Å². The average Bonchev–Trinajstić information content (AvgIpc) is 1.96. The quantitative estimate of drug-likeness (QED) is 0.569. The minimum absolute atomic E-state index is 0.00606. The van der Waals surface area contributed by atoms with Crippen LogP contribution in [-0.2, 0) is 9.59 Å². The Labute approximate surface area is 71.1 Å². The smallest absolute Gasteiger partial charge is 0.238 e. The summed E-state index contributed by atoms with van der Waals surface area (Å²) in [6.45, 7) is 2.61. The zero-order valence-electron chi connectivity index (χ0n) is 7.15. The van der Waals surface area contributed by atoms with E-state index in [0.29, 0.717) is 0 Å². The SMILES string of the molecule is CC(=O)[N]CC(O)C[N]C(C)=O. The van der Waals surface area contributed by atoms with Crippen molar-refractivity contribution in [3.8, 4) is 0 Å². The molecule has 2 radical (unpaired) electrons. The summed E-state index contributed by atoms with van der Waals surface area (Å²) in [5.41, 5.74) is 0. The maximum atomic E-state index is 10.3. The van der Waals surface area contributed by atoms with Crippen molar-refractivity contribution in [1.82, 2.24) is 10.6 Å². The molecule has 1 N–H and O–H groups in total. The molecular weight excluding hydrogens is 160 g/mol. The van der Waals surface area contributed by atoms with Crippen LogP contribution in [0.4, 0.5) is 0 Å². The summed E-state index contributed by atoms with van der Waals surface area (Å²) < 4.78 is 0. The third-order valence-electron chi connectivity index (χ3n) is 1.05. The van der Waals surface area contributed by atoms with Gasteiger partial charge in [-0.25, -0.2) is 10.6 Å². The predicted octanol–water partition coefficient (Wildman–Crippen LogP) is -1.35. The molecule has 0 aromatic carbocycles. The van der Waals surface area contributed by atoms with Gasteiger partial charge < -0.3 is 5.11 Å². The molecular formula is C7H12N2O3. The van der Waals surface area contributed by atoms with Crippen LogP contribution >= 0.6 is 0 Å². The lowest BCUT2D eigenvalue weighted by atomic mass is 10.3. The predicted molar refractivity (Wildman–Crippen MR) is 41.4 cm³/mol. The summed E-state index contributed by atoms with van der Waals surface area (Å²) in [7, 11) is 0. The first-order chi connectivity index (χ1) is 5.52. The summed E-state index contributed by atoms with van der Waals surface area (Å²) >= 11 is 0. The highest BCUT2D eigenvalue weighted by Gasteiger charge is 2.07. The first kappa shape index (κ1) is 10.9. The molecule has 0 spiro atoms. The monoisotopic (exact) mass is 172 g/mol. The van der Waals surface area contributed by atoms with Crippen LogP contribution in [0.15, 0.2) is 0 Å². The van der Waals surface area contributed by atoms with E-state index in [1.54, 1.807) is 0 Å². The zero-order valence-corrected chi connectivity index (χ0v) is 7.15. The van der Waals surface area contributed by atoms with Gasteiger partial charge in [-0.05, 0) is 0 Å². The Bertz CT molecular complexity index is 152. The molecule has 0 bridgehead atoms. The minimum atomic E-state index is -0.835. The fourth-order valence-electron chi connectivity index (χ4n) is 0.526. The molecule has 0 rings (SSSR count). The lowest BCUT2D eigenvalue weighted by Crippen LogP contribution is -2.32. The molecule has 68 valence electrons. The van der Waals surface area contributed by atoms with Crippen LogP contribution in [0.5, 0.6) is 0 Å². The molecule has 0 aliphatic carbocycles. The third kappa shape index (κ3) is 7.01. The Morgan fingerprint density at radius 1 is 1.17 bits per heavy atom. The molecule has 5 heteroatoms. The topological polar surface area (TPSA) is 82.6 Å². The van der Waals surface area contributed by atoms with E-state index in [-0.39, 0.29) is 24.9 Å². The van der Waals surface area contributed by atoms with Gasteiger partial charge in [-0.15, -0.1) is 0 Å². The van der Waals surface area contributed by atoms with E-state index in [9.17, 15) is 9.59 Å². The number of aliphatic hydroxyl groups excluding tert-OH is 1. The first-order valence-electron chi connectivity index (χ1n) is 3.56. The maximum absolute atomic E-state index is 10.3. The molecule has 0 aromatic heterocycles. The number of hydrogen-bond acceptors (Lipinski definition) is 3. The van der Waals surface area contributed by atoms with Crippen molar-refractivity contribution in [2.45, 2.75) is 20.0 Å². The maximum Gasteiger partial charge on any atom is 0.238 e. The Hall–Kier alpha value is -1.10. The molecule has 0 aromatic rings. The Balaban J connectivity index is 3.39. The number of carbonyl (C=O) groups is 2. The zero-order chi connectivity index (χ0) is 9.56. The number of amides is 2. The summed E-state index contributed by atoms with van der Waals surface area (Å²) in [6, 6.07) is 0. The van der Waals surface area contributed by atoms with Crippen LogP contribution in [0.2, 0.25) is 0 Å². The van der Waals surface area contributed by atoms with Gasteiger partial charge in [-0.2, -0.15) is 0 Å². The van der Waals surface area contributed by atoms with Crippen molar-refractivity contribution in [1.29, 1.82) is 0 Å². The summed E-state index contributed by atoms with van der Waals surface area (Å²) in [5, 5.41) is 15.9. The molecule has 0 saturated heterocycles. The standard InChI is InChI=1S/C7H12N2O3/c1-5(10)8-3-7(12)4-9-6(2)11/h7,12H,3-4H2,1-2H3. The van der Waals surface area contributed by atoms with Crippen molar-refractivity contribution < 1.29 is 14.7 Å². The molecule has 12 heavy (non-hydrogen) atoms. The van der Waals surface area contributed by atoms with Gasteiger partial charge in [0.05, 0.1) is 19.2 Å². The van der Waals surface area contributed by atoms with Gasteiger partial charge in [-0.1, -0.05) is 0 Å². The lowest BCUT2D eigenvalue weighted by molar-refractivity contribution is -0.119. The van der Waals surface area contributed by atoms with Crippen LogP contribution in [0.1, 0.15) is 13.8 Å². The average molecular weight is 172 g/mol. The second-order valence-electron chi connectivity index (χ2n) is 2.37. The largest absolute Gasteiger partial charge is 0.389 e. The molecule has 0 saturated carbocycles. The number of hydrogen-bond donors (Lipinski definition) is 1. The second-order valence-corrected chi connectivity index (χ2v) is 2.37. The van der Waals surface area contributed by atoms with E-state index >= 15 is 0 Å². The normalized spacial score (nSPS) is 9.67. The van der Waals surface area contributed by atoms with E-state index in [4.69, 9.17) is 5.11 Å². The minimum Gasteiger partial charge on any atom is -0.389 e. The van der Waals surface area contributed by atoms with Crippen molar-refractivity contribution >= 4 is 11.8 Å². The van der Waals surface area contributed by atoms with E-state index in [2.05, 4.69) is 10.6 Å². The summed E-state index contributed by atoms with van der Waals surface area (Å²) in [6.07, 6.45) is -0.835. The van der Waals surface area contributed by atoms with Crippen LogP contribution in [0.3, 0.4) is 0 Å². The van der Waals surface area contributed by atoms with Crippen molar-refractivity contribution in [3.05, 3.63) is 0 Å². The fraction of sp³-hybridized carbons (Fsp3) is 0.714. The van der Waals surface area contributed by atoms with Crippen LogP contribution in [0.25, 0.3) is 0 Å². The molecule has 0 heterocycles.